The molecule has 2 rings (SSSR count). The van der Waals surface area contributed by atoms with Crippen molar-refractivity contribution in [3.05, 3.63) is 29.6 Å². The number of para-hydroxylation sites is 1. The number of benzene rings is 1. The van der Waals surface area contributed by atoms with Gasteiger partial charge in [-0.05, 0) is 18.4 Å². The molecule has 1 N–H and O–H groups in total. The number of aliphatic hydroxyl groups is 1. The van der Waals surface area contributed by atoms with E-state index in [0.717, 1.165) is 13.0 Å². The molecule has 1 aromatic carbocycles. The predicted molar refractivity (Wildman–Crippen MR) is 69.1 cm³/mol. The van der Waals surface area contributed by atoms with Gasteiger partial charge in [0.25, 0.3) is 0 Å². The van der Waals surface area contributed by atoms with E-state index in [9.17, 15) is 9.50 Å². The number of nitrogens with zero attached hydrogens (tertiary/aromatic N) is 1. The Kier molecular flexibility index (Phi) is 4.19. The maximum Gasteiger partial charge on any atom is 0.146 e. The van der Waals surface area contributed by atoms with Crippen LogP contribution in [0.25, 0.3) is 0 Å². The van der Waals surface area contributed by atoms with Gasteiger partial charge >= 0.3 is 0 Å². The van der Waals surface area contributed by atoms with Crippen LogP contribution in [-0.2, 0) is 11.3 Å². The monoisotopic (exact) mass is 253 g/mol. The van der Waals surface area contributed by atoms with Gasteiger partial charge in [0.05, 0.1) is 18.4 Å². The molecule has 1 fully saturated rings. The number of methoxy groups -OCH3 is 1. The Morgan fingerprint density at radius 1 is 1.50 bits per heavy atom. The van der Waals surface area contributed by atoms with Crippen molar-refractivity contribution in [2.75, 3.05) is 25.1 Å². The third-order valence-corrected chi connectivity index (χ3v) is 3.75. The molecule has 0 spiro atoms. The molecule has 18 heavy (non-hydrogen) atoms. The molecule has 0 bridgehead atoms. The van der Waals surface area contributed by atoms with Gasteiger partial charge in [-0.1, -0.05) is 19.1 Å². The molecule has 1 aliphatic heterocycles. The van der Waals surface area contributed by atoms with Crippen LogP contribution in [0, 0.1) is 11.7 Å². The number of rotatable bonds is 3. The Morgan fingerprint density at radius 2 is 2.28 bits per heavy atom. The molecule has 0 saturated carbocycles. The quantitative estimate of drug-likeness (QED) is 0.896. The maximum absolute atomic E-state index is 14.0. The Bertz CT molecular complexity index is 411. The van der Waals surface area contributed by atoms with Gasteiger partial charge in [0.2, 0.25) is 0 Å². The van der Waals surface area contributed by atoms with Crippen LogP contribution < -0.4 is 4.90 Å². The largest absolute Gasteiger partial charge is 0.392 e. The molecule has 100 valence electrons. The molecule has 0 amide bonds. The maximum atomic E-state index is 14.0. The summed E-state index contributed by atoms with van der Waals surface area (Å²) < 4.78 is 19.4. The van der Waals surface area contributed by atoms with Gasteiger partial charge in [-0.3, -0.25) is 0 Å². The smallest absolute Gasteiger partial charge is 0.146 e. The predicted octanol–water partition coefficient (Wildman–Crippen LogP) is 2.18. The molecule has 0 radical (unpaired) electrons. The van der Waals surface area contributed by atoms with Crippen molar-refractivity contribution >= 4 is 5.69 Å². The zero-order valence-electron chi connectivity index (χ0n) is 10.9. The molecule has 0 aliphatic carbocycles. The summed E-state index contributed by atoms with van der Waals surface area (Å²) in [5.74, 6) is 0.210. The fraction of sp³-hybridized carbons (Fsp3) is 0.571. The number of aliphatic hydroxyl groups excluding tert-OH is 1. The van der Waals surface area contributed by atoms with Gasteiger partial charge in [0.1, 0.15) is 5.82 Å². The van der Waals surface area contributed by atoms with Crippen molar-refractivity contribution in [3.63, 3.8) is 0 Å². The van der Waals surface area contributed by atoms with Crippen LogP contribution in [0.3, 0.4) is 0 Å². The lowest BCUT2D eigenvalue weighted by Gasteiger charge is -2.38. The first-order valence-corrected chi connectivity index (χ1v) is 6.33. The highest BCUT2D eigenvalue weighted by atomic mass is 19.1. The molecule has 1 heterocycles. The summed E-state index contributed by atoms with van der Waals surface area (Å²) in [6.45, 7) is 3.48. The first-order valence-electron chi connectivity index (χ1n) is 6.33. The fourth-order valence-corrected chi connectivity index (χ4v) is 2.59. The van der Waals surface area contributed by atoms with Gasteiger partial charge < -0.3 is 14.7 Å². The van der Waals surface area contributed by atoms with Crippen molar-refractivity contribution in [3.8, 4) is 0 Å². The molecule has 2 atom stereocenters. The third-order valence-electron chi connectivity index (χ3n) is 3.75. The Hall–Kier alpha value is -1.13. The SMILES string of the molecule is COC1CN(c2c(F)cccc2CO)CCC1C. The highest BCUT2D eigenvalue weighted by Gasteiger charge is 2.28. The minimum Gasteiger partial charge on any atom is -0.392 e. The molecular weight excluding hydrogens is 233 g/mol. The second-order valence-electron chi connectivity index (χ2n) is 4.89. The topological polar surface area (TPSA) is 32.7 Å². The van der Waals surface area contributed by atoms with Crippen molar-refractivity contribution in [2.45, 2.75) is 26.1 Å². The molecule has 1 saturated heterocycles. The van der Waals surface area contributed by atoms with Crippen LogP contribution in [0.1, 0.15) is 18.9 Å². The van der Waals surface area contributed by atoms with Gasteiger partial charge in [0, 0.05) is 25.8 Å². The van der Waals surface area contributed by atoms with Crippen LogP contribution in [0.4, 0.5) is 10.1 Å². The summed E-state index contributed by atoms with van der Waals surface area (Å²) in [7, 11) is 1.69. The highest BCUT2D eigenvalue weighted by Crippen LogP contribution is 2.29. The number of hydrogen-bond acceptors (Lipinski definition) is 3. The van der Waals surface area contributed by atoms with Gasteiger partial charge in [-0.2, -0.15) is 0 Å². The van der Waals surface area contributed by atoms with Crippen LogP contribution in [-0.4, -0.2) is 31.4 Å². The third kappa shape index (κ3) is 2.49. The van der Waals surface area contributed by atoms with Crippen LogP contribution in [0.2, 0.25) is 0 Å². The van der Waals surface area contributed by atoms with Crippen molar-refractivity contribution in [2.24, 2.45) is 5.92 Å². The summed E-state index contributed by atoms with van der Waals surface area (Å²) in [5.41, 5.74) is 1.16. The van der Waals surface area contributed by atoms with E-state index in [4.69, 9.17) is 4.74 Å². The van der Waals surface area contributed by atoms with Gasteiger partial charge in [-0.15, -0.1) is 0 Å². The van der Waals surface area contributed by atoms with E-state index in [2.05, 4.69) is 6.92 Å². The number of hydrogen-bond donors (Lipinski definition) is 1. The van der Waals surface area contributed by atoms with E-state index >= 15 is 0 Å². The first kappa shape index (κ1) is 13.3. The standard InChI is InChI=1S/C14H20FNO2/c1-10-6-7-16(8-13(10)18-2)14-11(9-17)4-3-5-12(14)15/h3-5,10,13,17H,6-9H2,1-2H3. The van der Waals surface area contributed by atoms with E-state index in [1.54, 1.807) is 19.2 Å². The first-order chi connectivity index (χ1) is 8.67. The lowest BCUT2D eigenvalue weighted by Crippen LogP contribution is -2.44. The molecule has 0 aromatic heterocycles. The zero-order valence-corrected chi connectivity index (χ0v) is 10.9. The van der Waals surface area contributed by atoms with Crippen molar-refractivity contribution < 1.29 is 14.2 Å². The van der Waals surface area contributed by atoms with Crippen LogP contribution in [0.15, 0.2) is 18.2 Å². The zero-order chi connectivity index (χ0) is 13.1. The van der Waals surface area contributed by atoms with E-state index in [0.29, 0.717) is 23.7 Å². The minimum atomic E-state index is -0.272. The average molecular weight is 253 g/mol. The summed E-state index contributed by atoms with van der Waals surface area (Å²) in [5, 5.41) is 9.32. The molecule has 3 nitrogen and oxygen atoms in total. The number of piperidine rings is 1. The molecule has 4 heteroatoms. The van der Waals surface area contributed by atoms with Crippen LogP contribution >= 0.6 is 0 Å². The summed E-state index contributed by atoms with van der Waals surface area (Å²) in [4.78, 5) is 1.98. The lowest BCUT2D eigenvalue weighted by molar-refractivity contribution is 0.0496. The van der Waals surface area contributed by atoms with E-state index in [-0.39, 0.29) is 18.5 Å². The Labute approximate surface area is 107 Å². The number of halogens is 1. The van der Waals surface area contributed by atoms with E-state index < -0.39 is 0 Å². The lowest BCUT2D eigenvalue weighted by atomic mass is 9.95. The second kappa shape index (κ2) is 5.67. The van der Waals surface area contributed by atoms with E-state index in [1.807, 2.05) is 4.90 Å². The van der Waals surface area contributed by atoms with Gasteiger partial charge in [-0.25, -0.2) is 4.39 Å². The summed E-state index contributed by atoms with van der Waals surface area (Å²) in [6.07, 6.45) is 1.09. The Balaban J connectivity index is 2.26. The molecular formula is C14H20FNO2. The number of ether oxygens (including phenoxy) is 1. The minimum absolute atomic E-state index is 0.116. The van der Waals surface area contributed by atoms with Gasteiger partial charge in [0.15, 0.2) is 0 Å². The number of anilines is 1. The molecule has 1 aromatic rings. The average Bonchev–Trinajstić information content (AvgIpc) is 2.39. The highest BCUT2D eigenvalue weighted by molar-refractivity contribution is 5.55. The molecule has 2 unspecified atom stereocenters. The van der Waals surface area contributed by atoms with Crippen molar-refractivity contribution in [1.29, 1.82) is 0 Å². The Morgan fingerprint density at radius 3 is 2.94 bits per heavy atom. The van der Waals surface area contributed by atoms with Crippen LogP contribution in [0.5, 0.6) is 0 Å². The van der Waals surface area contributed by atoms with Crippen molar-refractivity contribution in [1.82, 2.24) is 0 Å². The fourth-order valence-electron chi connectivity index (χ4n) is 2.59. The summed E-state index contributed by atoms with van der Waals surface area (Å²) >= 11 is 0. The second-order valence-corrected chi connectivity index (χ2v) is 4.89. The van der Waals surface area contributed by atoms with E-state index in [1.165, 1.54) is 6.07 Å². The normalized spacial score (nSPS) is 24.3. The molecule has 1 aliphatic rings. The summed E-state index contributed by atoms with van der Waals surface area (Å²) in [6, 6.07) is 4.83.